The number of hydrogen-bond donors (Lipinski definition) is 1. The molecule has 120 valence electrons. The number of nitrogens with zero attached hydrogens (tertiary/aromatic N) is 3. The zero-order valence-corrected chi connectivity index (χ0v) is 13.9. The molecule has 0 radical (unpaired) electrons. The molecule has 1 aromatic heterocycles. The standard InChI is InChI=1S/C18H27N3O/c1-13-8-17-18(9-14(13)2)21(12-19-17)11-16(22)10-20-7-5-4-6-15(20)3/h8-9,12,15-16,22H,4-7,10-11H2,1-3H3. The van der Waals surface area contributed by atoms with Gasteiger partial charge in [0.1, 0.15) is 0 Å². The number of imidazole rings is 1. The number of aryl methyl sites for hydroxylation is 2. The van der Waals surface area contributed by atoms with E-state index in [9.17, 15) is 5.11 Å². The molecule has 1 saturated heterocycles. The summed E-state index contributed by atoms with van der Waals surface area (Å²) in [6, 6.07) is 4.89. The number of aromatic nitrogens is 2. The Hall–Kier alpha value is -1.39. The van der Waals surface area contributed by atoms with Gasteiger partial charge in [-0.3, -0.25) is 4.90 Å². The minimum Gasteiger partial charge on any atom is -0.390 e. The van der Waals surface area contributed by atoms with Crippen LogP contribution in [0.2, 0.25) is 0 Å². The van der Waals surface area contributed by atoms with Crippen molar-refractivity contribution in [3.8, 4) is 0 Å². The van der Waals surface area contributed by atoms with Gasteiger partial charge in [0.05, 0.1) is 30.0 Å². The number of hydrogen-bond acceptors (Lipinski definition) is 3. The Balaban J connectivity index is 1.71. The fraction of sp³-hybridized carbons (Fsp3) is 0.611. The van der Waals surface area contributed by atoms with Gasteiger partial charge in [-0.25, -0.2) is 4.98 Å². The van der Waals surface area contributed by atoms with Gasteiger partial charge in [0.25, 0.3) is 0 Å². The molecule has 0 spiro atoms. The maximum absolute atomic E-state index is 10.5. The molecule has 22 heavy (non-hydrogen) atoms. The fourth-order valence-electron chi connectivity index (χ4n) is 3.44. The van der Waals surface area contributed by atoms with Crippen molar-refractivity contribution in [2.24, 2.45) is 0 Å². The van der Waals surface area contributed by atoms with E-state index in [1.807, 2.05) is 6.33 Å². The molecule has 4 nitrogen and oxygen atoms in total. The number of piperidine rings is 1. The van der Waals surface area contributed by atoms with Crippen molar-refractivity contribution in [1.82, 2.24) is 14.5 Å². The number of fused-ring (bicyclic) bond motifs is 1. The normalized spacial score (nSPS) is 21.4. The molecule has 1 N–H and O–H groups in total. The summed E-state index contributed by atoms with van der Waals surface area (Å²) >= 11 is 0. The van der Waals surface area contributed by atoms with Crippen molar-refractivity contribution in [3.63, 3.8) is 0 Å². The lowest BCUT2D eigenvalue weighted by molar-refractivity contribution is 0.0644. The maximum atomic E-state index is 10.5. The Kier molecular flexibility index (Phi) is 4.50. The lowest BCUT2D eigenvalue weighted by atomic mass is 10.0. The molecule has 0 aliphatic carbocycles. The van der Waals surface area contributed by atoms with E-state index in [4.69, 9.17) is 0 Å². The summed E-state index contributed by atoms with van der Waals surface area (Å²) in [5.41, 5.74) is 4.67. The number of aliphatic hydroxyl groups is 1. The van der Waals surface area contributed by atoms with Gasteiger partial charge in [-0.15, -0.1) is 0 Å². The Bertz CT molecular complexity index is 649. The molecule has 0 amide bonds. The second kappa shape index (κ2) is 6.39. The van der Waals surface area contributed by atoms with Gasteiger partial charge in [0.15, 0.2) is 0 Å². The van der Waals surface area contributed by atoms with Crippen LogP contribution in [0.25, 0.3) is 11.0 Å². The number of likely N-dealkylation sites (tertiary alicyclic amines) is 1. The van der Waals surface area contributed by atoms with Crippen molar-refractivity contribution >= 4 is 11.0 Å². The first kappa shape index (κ1) is 15.5. The average molecular weight is 301 g/mol. The smallest absolute Gasteiger partial charge is 0.0959 e. The topological polar surface area (TPSA) is 41.3 Å². The van der Waals surface area contributed by atoms with Crippen LogP contribution in [0.1, 0.15) is 37.3 Å². The lowest BCUT2D eigenvalue weighted by Crippen LogP contribution is -2.43. The van der Waals surface area contributed by atoms with Crippen LogP contribution in [0.4, 0.5) is 0 Å². The van der Waals surface area contributed by atoms with Crippen molar-refractivity contribution in [2.45, 2.75) is 58.7 Å². The molecule has 1 fully saturated rings. The van der Waals surface area contributed by atoms with Crippen molar-refractivity contribution < 1.29 is 5.11 Å². The highest BCUT2D eigenvalue weighted by Crippen LogP contribution is 2.20. The largest absolute Gasteiger partial charge is 0.390 e. The number of rotatable bonds is 4. The third-order valence-electron chi connectivity index (χ3n) is 5.03. The highest BCUT2D eigenvalue weighted by atomic mass is 16.3. The number of aliphatic hydroxyl groups excluding tert-OH is 1. The molecule has 1 aliphatic heterocycles. The summed E-state index contributed by atoms with van der Waals surface area (Å²) in [5, 5.41) is 10.5. The summed E-state index contributed by atoms with van der Waals surface area (Å²) < 4.78 is 2.08. The second-order valence-electron chi connectivity index (χ2n) is 6.82. The molecule has 2 aromatic rings. The average Bonchev–Trinajstić information content (AvgIpc) is 2.84. The van der Waals surface area contributed by atoms with E-state index in [1.165, 1.54) is 30.4 Å². The fourth-order valence-corrected chi connectivity index (χ4v) is 3.44. The van der Waals surface area contributed by atoms with E-state index in [1.54, 1.807) is 0 Å². The van der Waals surface area contributed by atoms with Crippen LogP contribution in [-0.2, 0) is 6.54 Å². The predicted octanol–water partition coefficient (Wildman–Crippen LogP) is 2.89. The first-order valence-electron chi connectivity index (χ1n) is 8.39. The molecule has 3 rings (SSSR count). The van der Waals surface area contributed by atoms with E-state index in [0.29, 0.717) is 12.6 Å². The van der Waals surface area contributed by atoms with Gasteiger partial charge >= 0.3 is 0 Å². The van der Waals surface area contributed by atoms with Gasteiger partial charge in [-0.05, 0) is 63.4 Å². The first-order valence-corrected chi connectivity index (χ1v) is 8.39. The third-order valence-corrected chi connectivity index (χ3v) is 5.03. The number of benzene rings is 1. The molecule has 0 saturated carbocycles. The molecule has 1 aliphatic rings. The van der Waals surface area contributed by atoms with E-state index in [0.717, 1.165) is 24.1 Å². The molecule has 0 bridgehead atoms. The SMILES string of the molecule is Cc1cc2ncn(CC(O)CN3CCCCC3C)c2cc1C. The minimum absolute atomic E-state index is 0.348. The van der Waals surface area contributed by atoms with Gasteiger partial charge in [0, 0.05) is 12.6 Å². The quantitative estimate of drug-likeness (QED) is 0.944. The summed E-state index contributed by atoms with van der Waals surface area (Å²) in [5.74, 6) is 0. The Labute approximate surface area is 132 Å². The molecule has 2 heterocycles. The van der Waals surface area contributed by atoms with E-state index in [2.05, 4.69) is 47.4 Å². The van der Waals surface area contributed by atoms with Crippen LogP contribution in [0, 0.1) is 13.8 Å². The van der Waals surface area contributed by atoms with Gasteiger partial charge in [-0.2, -0.15) is 0 Å². The maximum Gasteiger partial charge on any atom is 0.0959 e. The van der Waals surface area contributed by atoms with Crippen LogP contribution < -0.4 is 0 Å². The summed E-state index contributed by atoms with van der Waals surface area (Å²) in [4.78, 5) is 6.89. The van der Waals surface area contributed by atoms with Crippen molar-refractivity contribution in [2.75, 3.05) is 13.1 Å². The van der Waals surface area contributed by atoms with Gasteiger partial charge < -0.3 is 9.67 Å². The zero-order valence-electron chi connectivity index (χ0n) is 13.9. The molecule has 2 atom stereocenters. The van der Waals surface area contributed by atoms with Crippen molar-refractivity contribution in [3.05, 3.63) is 29.6 Å². The summed E-state index contributed by atoms with van der Waals surface area (Å²) in [6.45, 7) is 8.98. The molecule has 4 heteroatoms. The summed E-state index contributed by atoms with van der Waals surface area (Å²) in [7, 11) is 0. The molecule has 2 unspecified atom stereocenters. The van der Waals surface area contributed by atoms with Crippen molar-refractivity contribution in [1.29, 1.82) is 0 Å². The monoisotopic (exact) mass is 301 g/mol. The van der Waals surface area contributed by atoms with Crippen LogP contribution in [-0.4, -0.2) is 44.8 Å². The Morgan fingerprint density at radius 1 is 1.23 bits per heavy atom. The first-order chi connectivity index (χ1) is 10.5. The zero-order chi connectivity index (χ0) is 15.7. The van der Waals surface area contributed by atoms with Gasteiger partial charge in [-0.1, -0.05) is 6.42 Å². The highest BCUT2D eigenvalue weighted by Gasteiger charge is 2.21. The minimum atomic E-state index is -0.348. The molecular formula is C18H27N3O. The number of β-amino-alcohol motifs (C(OH)–C–C–N with tert-alkyl or cyclic N) is 1. The third kappa shape index (κ3) is 3.18. The molecular weight excluding hydrogens is 274 g/mol. The van der Waals surface area contributed by atoms with Crippen LogP contribution in [0.3, 0.4) is 0 Å². The molecule has 1 aromatic carbocycles. The summed E-state index contributed by atoms with van der Waals surface area (Å²) in [6.07, 6.45) is 5.33. The second-order valence-corrected chi connectivity index (χ2v) is 6.82. The van der Waals surface area contributed by atoms with Crippen LogP contribution in [0.15, 0.2) is 18.5 Å². The van der Waals surface area contributed by atoms with Crippen LogP contribution >= 0.6 is 0 Å². The Morgan fingerprint density at radius 3 is 2.77 bits per heavy atom. The lowest BCUT2D eigenvalue weighted by Gasteiger charge is -2.34. The van der Waals surface area contributed by atoms with E-state index in [-0.39, 0.29) is 6.10 Å². The highest BCUT2D eigenvalue weighted by molar-refractivity contribution is 5.77. The van der Waals surface area contributed by atoms with E-state index < -0.39 is 0 Å². The predicted molar refractivity (Wildman–Crippen MR) is 90.1 cm³/mol. The Morgan fingerprint density at radius 2 is 2.00 bits per heavy atom. The van der Waals surface area contributed by atoms with E-state index >= 15 is 0 Å². The van der Waals surface area contributed by atoms with Gasteiger partial charge in [0.2, 0.25) is 0 Å². The van der Waals surface area contributed by atoms with Crippen LogP contribution in [0.5, 0.6) is 0 Å².